The van der Waals surface area contributed by atoms with E-state index in [4.69, 9.17) is 27.6 Å². The molecular formula is C26H44Cl2O3Si. The largest absolute Gasteiger partial charge is 0.414 e. The molecule has 4 saturated carbocycles. The molecule has 4 rings (SSSR count). The maximum atomic E-state index is 11.5. The fraction of sp³-hybridized carbons (Fsp3) is 0.923. The number of rotatable bonds is 2. The van der Waals surface area contributed by atoms with Crippen LogP contribution in [0.3, 0.4) is 0 Å². The van der Waals surface area contributed by atoms with Crippen LogP contribution in [0.4, 0.5) is 0 Å². The lowest BCUT2D eigenvalue weighted by molar-refractivity contribution is -0.217. The third-order valence-corrected chi connectivity index (χ3v) is 16.0. The smallest absolute Gasteiger partial charge is 0.192 e. The van der Waals surface area contributed by atoms with Gasteiger partial charge in [0.05, 0.1) is 12.2 Å². The maximum Gasteiger partial charge on any atom is 0.192 e. The van der Waals surface area contributed by atoms with Gasteiger partial charge in [-0.05, 0) is 103 Å². The van der Waals surface area contributed by atoms with Crippen molar-refractivity contribution in [2.24, 2.45) is 34.5 Å². The summed E-state index contributed by atoms with van der Waals surface area (Å²) in [5.41, 5.74) is 1.17. The molecule has 5 unspecified atom stereocenters. The molecule has 0 heterocycles. The molecule has 4 aliphatic rings. The van der Waals surface area contributed by atoms with Crippen LogP contribution in [-0.4, -0.2) is 36.8 Å². The van der Waals surface area contributed by atoms with Crippen LogP contribution in [0.2, 0.25) is 18.1 Å². The summed E-state index contributed by atoms with van der Waals surface area (Å²) in [4.78, 5) is 0. The molecule has 6 heteroatoms. The first-order chi connectivity index (χ1) is 14.6. The summed E-state index contributed by atoms with van der Waals surface area (Å²) in [6.07, 6.45) is 5.91. The highest BCUT2D eigenvalue weighted by molar-refractivity contribution is 6.74. The van der Waals surface area contributed by atoms with Crippen molar-refractivity contribution in [2.75, 3.05) is 0 Å². The molecule has 0 radical (unpaired) electrons. The lowest BCUT2D eigenvalue weighted by Gasteiger charge is -2.63. The molecule has 32 heavy (non-hydrogen) atoms. The maximum absolute atomic E-state index is 11.5. The lowest BCUT2D eigenvalue weighted by atomic mass is 9.43. The molecule has 3 nitrogen and oxygen atoms in total. The van der Waals surface area contributed by atoms with Crippen molar-refractivity contribution in [2.45, 2.75) is 116 Å². The summed E-state index contributed by atoms with van der Waals surface area (Å²) >= 11 is 12.6. The number of halogens is 2. The van der Waals surface area contributed by atoms with Gasteiger partial charge >= 0.3 is 0 Å². The average Bonchev–Trinajstić information content (AvgIpc) is 3.03. The van der Waals surface area contributed by atoms with E-state index in [2.05, 4.69) is 47.7 Å². The van der Waals surface area contributed by atoms with Crippen molar-refractivity contribution in [3.63, 3.8) is 0 Å². The van der Waals surface area contributed by atoms with Gasteiger partial charge in [-0.1, -0.05) is 57.8 Å². The average molecular weight is 504 g/mol. The van der Waals surface area contributed by atoms with E-state index in [0.29, 0.717) is 16.3 Å². The summed E-state index contributed by atoms with van der Waals surface area (Å²) in [5, 5.41) is 23.1. The zero-order chi connectivity index (χ0) is 23.9. The van der Waals surface area contributed by atoms with Gasteiger partial charge in [0.1, 0.15) is 4.49 Å². The minimum atomic E-state index is -1.87. The van der Waals surface area contributed by atoms with Gasteiger partial charge in [-0.3, -0.25) is 0 Å². The standard InChI is InChI=1S/C26H44Cl2O3Si/c1-24(2,3)32(6,7)31-15-10-12-26(5)17-11-13-25(4)16(8-9-18(25)23(27)28)20(17)22(30)21(29)19(26)14-15/h15-17,19-22,29-30H,8-14H2,1-7H3/t15?,16?,17?,19?,20?,21-,22-,25+,26-/m1/s1. The molecule has 0 spiro atoms. The van der Waals surface area contributed by atoms with Crippen molar-refractivity contribution >= 4 is 31.5 Å². The first kappa shape index (κ1) is 25.5. The van der Waals surface area contributed by atoms with Crippen LogP contribution < -0.4 is 0 Å². The summed E-state index contributed by atoms with van der Waals surface area (Å²) in [7, 11) is -1.87. The van der Waals surface area contributed by atoms with E-state index in [9.17, 15) is 10.2 Å². The lowest BCUT2D eigenvalue weighted by Crippen LogP contribution is -2.64. The normalized spacial score (nSPS) is 47.0. The van der Waals surface area contributed by atoms with Crippen LogP contribution in [0.15, 0.2) is 10.1 Å². The minimum Gasteiger partial charge on any atom is -0.414 e. The molecule has 2 N–H and O–H groups in total. The summed E-state index contributed by atoms with van der Waals surface area (Å²) < 4.78 is 7.22. The van der Waals surface area contributed by atoms with Crippen LogP contribution in [0.1, 0.15) is 79.6 Å². The molecule has 4 aliphatic carbocycles. The van der Waals surface area contributed by atoms with Crippen molar-refractivity contribution in [3.8, 4) is 0 Å². The number of fused-ring (bicyclic) bond motifs is 5. The summed E-state index contributed by atoms with van der Waals surface area (Å²) in [5.74, 6) is 0.992. The Morgan fingerprint density at radius 1 is 0.969 bits per heavy atom. The predicted octanol–water partition coefficient (Wildman–Crippen LogP) is 7.05. The SMILES string of the molecule is CC(C)(C)[Si](C)(C)OC1CC[C@]2(C)C3CC[C@]4(C)C(=C(Cl)Cl)CCC4C3[C@@H](O)[C@H](O)C2C1. The van der Waals surface area contributed by atoms with E-state index < -0.39 is 20.5 Å². The fourth-order valence-electron chi connectivity index (χ4n) is 8.05. The van der Waals surface area contributed by atoms with Gasteiger partial charge in [-0.2, -0.15) is 0 Å². The topological polar surface area (TPSA) is 49.7 Å². The highest BCUT2D eigenvalue weighted by atomic mass is 35.5. The predicted molar refractivity (Wildman–Crippen MR) is 135 cm³/mol. The Morgan fingerprint density at radius 2 is 1.62 bits per heavy atom. The molecular weight excluding hydrogens is 459 g/mol. The Balaban J connectivity index is 1.60. The molecule has 0 bridgehead atoms. The number of aliphatic hydroxyl groups is 2. The van der Waals surface area contributed by atoms with Crippen LogP contribution >= 0.6 is 23.2 Å². The van der Waals surface area contributed by atoms with E-state index in [1.165, 1.54) is 5.57 Å². The zero-order valence-corrected chi connectivity index (χ0v) is 23.6. The Kier molecular flexibility index (Phi) is 6.56. The van der Waals surface area contributed by atoms with Gasteiger partial charge < -0.3 is 14.6 Å². The van der Waals surface area contributed by atoms with Gasteiger partial charge in [-0.15, -0.1) is 0 Å². The summed E-state index contributed by atoms with van der Waals surface area (Å²) in [6, 6.07) is 0. The fourth-order valence-corrected chi connectivity index (χ4v) is 10.1. The molecule has 0 aromatic heterocycles. The van der Waals surface area contributed by atoms with E-state index in [0.717, 1.165) is 44.9 Å². The highest BCUT2D eigenvalue weighted by Gasteiger charge is 2.64. The van der Waals surface area contributed by atoms with E-state index in [-0.39, 0.29) is 33.8 Å². The van der Waals surface area contributed by atoms with Crippen LogP contribution in [0, 0.1) is 34.5 Å². The Morgan fingerprint density at radius 3 is 2.22 bits per heavy atom. The molecule has 0 saturated heterocycles. The highest BCUT2D eigenvalue weighted by Crippen LogP contribution is 2.68. The van der Waals surface area contributed by atoms with Gasteiger partial charge in [0.2, 0.25) is 0 Å². The second kappa shape index (κ2) is 8.23. The first-order valence-corrected chi connectivity index (χ1v) is 16.4. The molecule has 0 aliphatic heterocycles. The second-order valence-corrected chi connectivity index (χ2v) is 19.1. The monoisotopic (exact) mass is 502 g/mol. The quantitative estimate of drug-likeness (QED) is 0.397. The molecule has 9 atom stereocenters. The Labute approximate surface area is 206 Å². The minimum absolute atomic E-state index is 0.0491. The summed E-state index contributed by atoms with van der Waals surface area (Å²) in [6.45, 7) is 16.2. The number of hydrogen-bond donors (Lipinski definition) is 2. The Hall–Kier alpha value is 0.417. The van der Waals surface area contributed by atoms with Gasteiger partial charge in [0.15, 0.2) is 8.32 Å². The second-order valence-electron chi connectivity index (χ2n) is 13.4. The van der Waals surface area contributed by atoms with Crippen molar-refractivity contribution < 1.29 is 14.6 Å². The van der Waals surface area contributed by atoms with Crippen LogP contribution in [0.25, 0.3) is 0 Å². The van der Waals surface area contributed by atoms with Gasteiger partial charge in [-0.25, -0.2) is 0 Å². The number of hydrogen-bond acceptors (Lipinski definition) is 3. The molecule has 0 aromatic rings. The number of aliphatic hydroxyl groups excluding tert-OH is 2. The van der Waals surface area contributed by atoms with E-state index in [1.54, 1.807) is 0 Å². The third kappa shape index (κ3) is 3.78. The van der Waals surface area contributed by atoms with Gasteiger partial charge in [0, 0.05) is 6.10 Å². The van der Waals surface area contributed by atoms with Crippen molar-refractivity contribution in [1.29, 1.82) is 0 Å². The van der Waals surface area contributed by atoms with Crippen molar-refractivity contribution in [3.05, 3.63) is 10.1 Å². The van der Waals surface area contributed by atoms with Crippen LogP contribution in [-0.2, 0) is 4.43 Å². The molecule has 184 valence electrons. The van der Waals surface area contributed by atoms with Gasteiger partial charge in [0.25, 0.3) is 0 Å². The van der Waals surface area contributed by atoms with E-state index in [1.807, 2.05) is 0 Å². The zero-order valence-electron chi connectivity index (χ0n) is 21.0. The van der Waals surface area contributed by atoms with Crippen molar-refractivity contribution in [1.82, 2.24) is 0 Å². The Bertz CT molecular complexity index is 774. The first-order valence-electron chi connectivity index (χ1n) is 12.7. The molecule has 0 amide bonds. The number of allylic oxidation sites excluding steroid dienone is 1. The molecule has 4 fully saturated rings. The van der Waals surface area contributed by atoms with E-state index >= 15 is 0 Å². The van der Waals surface area contributed by atoms with Crippen LogP contribution in [0.5, 0.6) is 0 Å². The molecule has 0 aromatic carbocycles. The third-order valence-electron chi connectivity index (χ3n) is 11.0.